The van der Waals surface area contributed by atoms with E-state index in [0.717, 1.165) is 37.6 Å². The second-order valence-corrected chi connectivity index (χ2v) is 5.61. The topological polar surface area (TPSA) is 40.3 Å². The molecule has 2 aromatic rings. The lowest BCUT2D eigenvalue weighted by molar-refractivity contribution is 0.309. The van der Waals surface area contributed by atoms with Gasteiger partial charge in [0.05, 0.1) is 12.2 Å². The van der Waals surface area contributed by atoms with E-state index in [1.807, 2.05) is 18.5 Å². The highest BCUT2D eigenvalue weighted by Crippen LogP contribution is 2.35. The maximum Gasteiger partial charge on any atom is 0.142 e. The van der Waals surface area contributed by atoms with Crippen molar-refractivity contribution < 1.29 is 4.74 Å². The molecule has 4 rings (SSSR count). The number of rotatable bonds is 3. The molecule has 0 saturated carbocycles. The van der Waals surface area contributed by atoms with Crippen LogP contribution in [-0.2, 0) is 0 Å². The van der Waals surface area contributed by atoms with Crippen molar-refractivity contribution in [3.8, 4) is 17.0 Å². The first kappa shape index (κ1) is 13.1. The second kappa shape index (κ2) is 5.64. The molecule has 0 spiro atoms. The number of aromatic nitrogens is 1. The van der Waals surface area contributed by atoms with E-state index in [0.29, 0.717) is 0 Å². The van der Waals surface area contributed by atoms with Gasteiger partial charge in [0.2, 0.25) is 0 Å². The smallest absolute Gasteiger partial charge is 0.142 e. The zero-order chi connectivity index (χ0) is 14.8. The normalized spacial score (nSPS) is 16.5. The number of hydrogen-bond donors (Lipinski definition) is 2. The van der Waals surface area contributed by atoms with Crippen LogP contribution in [0.5, 0.6) is 5.75 Å². The lowest BCUT2D eigenvalue weighted by Crippen LogP contribution is -2.34. The highest BCUT2D eigenvalue weighted by atomic mass is 16.5. The third kappa shape index (κ3) is 2.48. The lowest BCUT2D eigenvalue weighted by atomic mass is 10.1. The Morgan fingerprint density at radius 3 is 3.05 bits per heavy atom. The first-order valence-electron chi connectivity index (χ1n) is 7.65. The van der Waals surface area contributed by atoms with Crippen molar-refractivity contribution >= 4 is 5.69 Å². The molecule has 2 N–H and O–H groups in total. The number of ether oxygens (including phenoxy) is 1. The maximum absolute atomic E-state index is 5.81. The van der Waals surface area contributed by atoms with Gasteiger partial charge in [-0.2, -0.15) is 0 Å². The van der Waals surface area contributed by atoms with Crippen LogP contribution in [-0.4, -0.2) is 24.7 Å². The fraction of sp³-hybridized carbons (Fsp3) is 0.222. The first-order valence-corrected chi connectivity index (χ1v) is 7.65. The average Bonchev–Trinajstić information content (AvgIpc) is 3.10. The van der Waals surface area contributed by atoms with Gasteiger partial charge in [-0.1, -0.05) is 6.08 Å². The summed E-state index contributed by atoms with van der Waals surface area (Å²) in [6, 6.07) is 10.5. The van der Waals surface area contributed by atoms with Gasteiger partial charge in [0.1, 0.15) is 12.4 Å². The third-order valence-electron chi connectivity index (χ3n) is 4.10. The number of benzene rings is 1. The molecule has 0 bridgehead atoms. The quantitative estimate of drug-likeness (QED) is 0.912. The van der Waals surface area contributed by atoms with Crippen LogP contribution < -0.4 is 15.0 Å². The molecule has 0 saturated heterocycles. The molecule has 4 heteroatoms. The number of nitrogens with zero attached hydrogens (tertiary/aromatic N) is 1. The fourth-order valence-electron chi connectivity index (χ4n) is 2.97. The van der Waals surface area contributed by atoms with E-state index in [-0.39, 0.29) is 0 Å². The molecule has 112 valence electrons. The van der Waals surface area contributed by atoms with E-state index in [9.17, 15) is 0 Å². The number of aromatic amines is 1. The van der Waals surface area contributed by atoms with Gasteiger partial charge in [-0.25, -0.2) is 0 Å². The summed E-state index contributed by atoms with van der Waals surface area (Å²) in [7, 11) is 0. The van der Waals surface area contributed by atoms with Crippen molar-refractivity contribution in [3.63, 3.8) is 0 Å². The predicted octanol–water partition coefficient (Wildman–Crippen LogP) is 3.27. The number of H-pyrrole nitrogens is 1. The molecule has 0 unspecified atom stereocenters. The standard InChI is InChI=1S/C18H19N3O/c1-3-14(12-19-7-1)13-21-9-10-22-18-6-5-15(11-17(18)21)16-4-2-8-20-16/h1-2,4-8,11-12,19-20H,3,9-10,13H2. The number of hydrogen-bond acceptors (Lipinski definition) is 3. The average molecular weight is 293 g/mol. The Kier molecular flexibility index (Phi) is 3.35. The van der Waals surface area contributed by atoms with Crippen LogP contribution in [0.15, 0.2) is 60.6 Å². The minimum atomic E-state index is 0.741. The number of fused-ring (bicyclic) bond motifs is 1. The fourth-order valence-corrected chi connectivity index (χ4v) is 2.97. The zero-order valence-electron chi connectivity index (χ0n) is 12.4. The molecule has 3 heterocycles. The Hall–Kier alpha value is -2.62. The van der Waals surface area contributed by atoms with Gasteiger partial charge in [-0.3, -0.25) is 0 Å². The van der Waals surface area contributed by atoms with Crippen molar-refractivity contribution in [2.45, 2.75) is 6.42 Å². The number of dihydropyridines is 1. The molecule has 22 heavy (non-hydrogen) atoms. The summed E-state index contributed by atoms with van der Waals surface area (Å²) >= 11 is 0. The van der Waals surface area contributed by atoms with Gasteiger partial charge in [0.15, 0.2) is 0 Å². The molecular formula is C18H19N3O. The van der Waals surface area contributed by atoms with Gasteiger partial charge >= 0.3 is 0 Å². The molecule has 2 aliphatic heterocycles. The SMILES string of the molecule is C1=CNC=C(CN2CCOc3ccc(-c4ccc[nH]4)cc32)C1. The van der Waals surface area contributed by atoms with Crippen molar-refractivity contribution in [2.24, 2.45) is 0 Å². The minimum Gasteiger partial charge on any atom is -0.490 e. The molecule has 2 aliphatic rings. The summed E-state index contributed by atoms with van der Waals surface area (Å²) in [5.74, 6) is 0.974. The summed E-state index contributed by atoms with van der Waals surface area (Å²) in [6.45, 7) is 2.59. The molecule has 0 fully saturated rings. The predicted molar refractivity (Wildman–Crippen MR) is 88.9 cm³/mol. The van der Waals surface area contributed by atoms with Crippen LogP contribution in [0.3, 0.4) is 0 Å². The molecule has 0 atom stereocenters. The van der Waals surface area contributed by atoms with E-state index in [1.165, 1.54) is 16.8 Å². The van der Waals surface area contributed by atoms with Crippen LogP contribution in [0.2, 0.25) is 0 Å². The van der Waals surface area contributed by atoms with Crippen molar-refractivity contribution in [1.82, 2.24) is 10.3 Å². The summed E-state index contributed by atoms with van der Waals surface area (Å²) < 4.78 is 5.81. The highest BCUT2D eigenvalue weighted by Gasteiger charge is 2.20. The summed E-state index contributed by atoms with van der Waals surface area (Å²) in [4.78, 5) is 5.67. The summed E-state index contributed by atoms with van der Waals surface area (Å²) in [5.41, 5.74) is 4.89. The van der Waals surface area contributed by atoms with Crippen LogP contribution in [0, 0.1) is 0 Å². The third-order valence-corrected chi connectivity index (χ3v) is 4.10. The van der Waals surface area contributed by atoms with Crippen LogP contribution in [0.1, 0.15) is 6.42 Å². The highest BCUT2D eigenvalue weighted by molar-refractivity contribution is 5.71. The maximum atomic E-state index is 5.81. The van der Waals surface area contributed by atoms with E-state index in [4.69, 9.17) is 4.74 Å². The largest absolute Gasteiger partial charge is 0.490 e. The zero-order valence-corrected chi connectivity index (χ0v) is 12.4. The van der Waals surface area contributed by atoms with Gasteiger partial charge in [0.25, 0.3) is 0 Å². The Balaban J connectivity index is 1.64. The Morgan fingerprint density at radius 2 is 2.23 bits per heavy atom. The van der Waals surface area contributed by atoms with Crippen molar-refractivity contribution in [3.05, 3.63) is 60.6 Å². The van der Waals surface area contributed by atoms with E-state index in [1.54, 1.807) is 0 Å². The van der Waals surface area contributed by atoms with Crippen LogP contribution in [0.25, 0.3) is 11.3 Å². The number of anilines is 1. The Morgan fingerprint density at radius 1 is 1.23 bits per heavy atom. The molecule has 0 radical (unpaired) electrons. The molecule has 0 aliphatic carbocycles. The molecule has 4 nitrogen and oxygen atoms in total. The monoisotopic (exact) mass is 293 g/mol. The van der Waals surface area contributed by atoms with Gasteiger partial charge in [0, 0.05) is 30.2 Å². The number of allylic oxidation sites excluding steroid dienone is 1. The Labute approximate surface area is 130 Å². The van der Waals surface area contributed by atoms with Gasteiger partial charge < -0.3 is 19.9 Å². The van der Waals surface area contributed by atoms with E-state index in [2.05, 4.69) is 51.7 Å². The minimum absolute atomic E-state index is 0.741. The molecule has 0 amide bonds. The summed E-state index contributed by atoms with van der Waals surface area (Å²) in [6.07, 6.45) is 9.21. The summed E-state index contributed by atoms with van der Waals surface area (Å²) in [5, 5.41) is 3.18. The Bertz CT molecular complexity index is 716. The van der Waals surface area contributed by atoms with Gasteiger partial charge in [-0.15, -0.1) is 0 Å². The van der Waals surface area contributed by atoms with Gasteiger partial charge in [-0.05, 0) is 48.5 Å². The molecular weight excluding hydrogens is 274 g/mol. The lowest BCUT2D eigenvalue weighted by Gasteiger charge is -2.32. The first-order chi connectivity index (χ1) is 10.9. The molecule has 1 aromatic heterocycles. The van der Waals surface area contributed by atoms with E-state index >= 15 is 0 Å². The number of nitrogens with one attached hydrogen (secondary N) is 2. The van der Waals surface area contributed by atoms with Crippen molar-refractivity contribution in [2.75, 3.05) is 24.6 Å². The van der Waals surface area contributed by atoms with Crippen LogP contribution in [0.4, 0.5) is 5.69 Å². The molecule has 1 aromatic carbocycles. The van der Waals surface area contributed by atoms with E-state index < -0.39 is 0 Å². The second-order valence-electron chi connectivity index (χ2n) is 5.61. The van der Waals surface area contributed by atoms with Crippen LogP contribution >= 0.6 is 0 Å². The van der Waals surface area contributed by atoms with Crippen molar-refractivity contribution in [1.29, 1.82) is 0 Å².